The zero-order valence-electron chi connectivity index (χ0n) is 9.14. The van der Waals surface area contributed by atoms with E-state index >= 15 is 0 Å². The van der Waals surface area contributed by atoms with E-state index in [1.54, 1.807) is 11.3 Å². The molecule has 2 atom stereocenters. The fraction of sp³-hybridized carbons (Fsp3) is 0.462. The van der Waals surface area contributed by atoms with Crippen LogP contribution in [0, 0.1) is 11.3 Å². The van der Waals surface area contributed by atoms with Crippen LogP contribution in [0.15, 0.2) is 29.7 Å². The molecule has 1 heterocycles. The molecule has 0 fully saturated rings. The number of carbonyl (C=O) groups is 1. The van der Waals surface area contributed by atoms with E-state index in [0.29, 0.717) is 5.92 Å². The van der Waals surface area contributed by atoms with Crippen LogP contribution in [-0.4, -0.2) is 6.29 Å². The number of allylic oxidation sites excluding steroid dienone is 2. The third kappa shape index (κ3) is 2.20. The van der Waals surface area contributed by atoms with E-state index in [-0.39, 0.29) is 11.3 Å². The summed E-state index contributed by atoms with van der Waals surface area (Å²) in [4.78, 5) is 12.4. The Balaban J connectivity index is 2.30. The average molecular weight is 220 g/mol. The van der Waals surface area contributed by atoms with Crippen LogP contribution in [0.1, 0.15) is 31.1 Å². The Hall–Kier alpha value is -0.890. The Kier molecular flexibility index (Phi) is 2.79. The van der Waals surface area contributed by atoms with E-state index in [2.05, 4.69) is 43.5 Å². The topological polar surface area (TPSA) is 17.1 Å². The van der Waals surface area contributed by atoms with E-state index in [4.69, 9.17) is 0 Å². The van der Waals surface area contributed by atoms with E-state index in [0.717, 1.165) is 12.7 Å². The van der Waals surface area contributed by atoms with Gasteiger partial charge in [0.2, 0.25) is 0 Å². The van der Waals surface area contributed by atoms with Crippen LogP contribution in [0.3, 0.4) is 0 Å². The lowest BCUT2D eigenvalue weighted by Gasteiger charge is -2.33. The maximum atomic E-state index is 11.0. The first-order valence-electron chi connectivity index (χ1n) is 5.30. The zero-order valence-corrected chi connectivity index (χ0v) is 9.96. The number of aldehydes is 1. The van der Waals surface area contributed by atoms with Crippen LogP contribution >= 0.6 is 11.3 Å². The number of hydrogen-bond acceptors (Lipinski definition) is 2. The van der Waals surface area contributed by atoms with Gasteiger partial charge in [0.1, 0.15) is 6.29 Å². The van der Waals surface area contributed by atoms with Gasteiger partial charge >= 0.3 is 0 Å². The second-order valence-electron chi connectivity index (χ2n) is 4.89. The smallest absolute Gasteiger partial charge is 0.127 e. The molecule has 1 aliphatic carbocycles. The lowest BCUT2D eigenvalue weighted by Crippen LogP contribution is -2.24. The first-order chi connectivity index (χ1) is 7.12. The molecule has 1 aromatic heterocycles. The molecule has 0 amide bonds. The van der Waals surface area contributed by atoms with Gasteiger partial charge in [0.25, 0.3) is 0 Å². The van der Waals surface area contributed by atoms with Crippen LogP contribution in [0.25, 0.3) is 0 Å². The molecule has 2 heteroatoms. The van der Waals surface area contributed by atoms with Gasteiger partial charge in [0.15, 0.2) is 0 Å². The monoisotopic (exact) mass is 220 g/mol. The van der Waals surface area contributed by atoms with Crippen molar-refractivity contribution >= 4 is 17.6 Å². The quantitative estimate of drug-likeness (QED) is 0.549. The molecular weight excluding hydrogens is 204 g/mol. The normalized spacial score (nSPS) is 28.9. The predicted molar refractivity (Wildman–Crippen MR) is 64.2 cm³/mol. The molecule has 0 spiro atoms. The Morgan fingerprint density at radius 1 is 1.53 bits per heavy atom. The second-order valence-corrected chi connectivity index (χ2v) is 5.87. The van der Waals surface area contributed by atoms with Crippen molar-refractivity contribution in [1.29, 1.82) is 0 Å². The summed E-state index contributed by atoms with van der Waals surface area (Å²) >= 11 is 1.76. The molecule has 0 aliphatic heterocycles. The Bertz CT molecular complexity index is 362. The minimum Gasteiger partial charge on any atom is -0.303 e. The first kappa shape index (κ1) is 10.6. The molecule has 0 N–H and O–H groups in total. The maximum Gasteiger partial charge on any atom is 0.127 e. The van der Waals surface area contributed by atoms with E-state index in [1.165, 1.54) is 4.88 Å². The molecule has 1 nitrogen and oxygen atoms in total. The van der Waals surface area contributed by atoms with Gasteiger partial charge < -0.3 is 4.79 Å². The van der Waals surface area contributed by atoms with Gasteiger partial charge in [0.05, 0.1) is 0 Å². The largest absolute Gasteiger partial charge is 0.303 e. The summed E-state index contributed by atoms with van der Waals surface area (Å²) in [5, 5.41) is 2.09. The highest BCUT2D eigenvalue weighted by atomic mass is 32.1. The van der Waals surface area contributed by atoms with Crippen molar-refractivity contribution in [3.63, 3.8) is 0 Å². The second kappa shape index (κ2) is 3.93. The van der Waals surface area contributed by atoms with Crippen LogP contribution in [0.2, 0.25) is 0 Å². The number of carbonyl (C=O) groups excluding carboxylic acids is 1. The van der Waals surface area contributed by atoms with Gasteiger partial charge in [-0.1, -0.05) is 32.1 Å². The molecule has 1 aliphatic rings. The Morgan fingerprint density at radius 3 is 2.93 bits per heavy atom. The number of hydrogen-bond donors (Lipinski definition) is 0. The highest BCUT2D eigenvalue weighted by Crippen LogP contribution is 2.43. The van der Waals surface area contributed by atoms with E-state index < -0.39 is 0 Å². The molecule has 1 aromatic rings. The Morgan fingerprint density at radius 2 is 2.33 bits per heavy atom. The van der Waals surface area contributed by atoms with Crippen molar-refractivity contribution in [2.75, 3.05) is 0 Å². The third-order valence-corrected chi connectivity index (χ3v) is 4.05. The van der Waals surface area contributed by atoms with Crippen molar-refractivity contribution in [1.82, 2.24) is 0 Å². The molecule has 0 saturated carbocycles. The van der Waals surface area contributed by atoms with Gasteiger partial charge in [-0.15, -0.1) is 11.3 Å². The fourth-order valence-corrected chi connectivity index (χ4v) is 3.10. The van der Waals surface area contributed by atoms with Gasteiger partial charge in [0, 0.05) is 16.7 Å². The first-order valence-corrected chi connectivity index (χ1v) is 6.18. The van der Waals surface area contributed by atoms with Gasteiger partial charge in [-0.3, -0.25) is 0 Å². The number of thiophene rings is 1. The van der Waals surface area contributed by atoms with E-state index in [9.17, 15) is 4.79 Å². The van der Waals surface area contributed by atoms with Crippen LogP contribution in [0.5, 0.6) is 0 Å². The molecule has 0 saturated heterocycles. The maximum absolute atomic E-state index is 11.0. The number of rotatable bonds is 2. The molecular formula is C13H16OS. The summed E-state index contributed by atoms with van der Waals surface area (Å²) in [7, 11) is 0. The molecule has 15 heavy (non-hydrogen) atoms. The van der Waals surface area contributed by atoms with Crippen molar-refractivity contribution in [2.45, 2.75) is 26.2 Å². The lowest BCUT2D eigenvalue weighted by atomic mass is 9.72. The van der Waals surface area contributed by atoms with Crippen molar-refractivity contribution in [2.24, 2.45) is 11.3 Å². The SMILES string of the molecule is CC1(C)C=CC(C=O)C(c2cccs2)C1. The lowest BCUT2D eigenvalue weighted by molar-refractivity contribution is -0.110. The van der Waals surface area contributed by atoms with Crippen molar-refractivity contribution < 1.29 is 4.79 Å². The van der Waals surface area contributed by atoms with Crippen LogP contribution in [0.4, 0.5) is 0 Å². The minimum atomic E-state index is 0.0664. The molecule has 0 bridgehead atoms. The van der Waals surface area contributed by atoms with Gasteiger partial charge in [-0.05, 0) is 23.3 Å². The summed E-state index contributed by atoms with van der Waals surface area (Å²) in [6.07, 6.45) is 6.39. The van der Waals surface area contributed by atoms with Gasteiger partial charge in [-0.25, -0.2) is 0 Å². The summed E-state index contributed by atoms with van der Waals surface area (Å²) in [6.45, 7) is 4.45. The van der Waals surface area contributed by atoms with Crippen LogP contribution < -0.4 is 0 Å². The summed E-state index contributed by atoms with van der Waals surface area (Å²) in [5.41, 5.74) is 0.216. The zero-order chi connectivity index (χ0) is 10.9. The van der Waals surface area contributed by atoms with Crippen LogP contribution in [-0.2, 0) is 4.79 Å². The standard InChI is InChI=1S/C13H16OS/c1-13(2)6-5-10(9-14)11(8-13)12-4-3-7-15-12/h3-7,9-11H,8H2,1-2H3. The van der Waals surface area contributed by atoms with E-state index in [1.807, 2.05) is 0 Å². The predicted octanol–water partition coefficient (Wildman–Crippen LogP) is 3.63. The molecule has 0 radical (unpaired) electrons. The van der Waals surface area contributed by atoms with Crippen molar-refractivity contribution in [3.8, 4) is 0 Å². The fourth-order valence-electron chi connectivity index (χ4n) is 2.21. The highest BCUT2D eigenvalue weighted by Gasteiger charge is 2.31. The Labute approximate surface area is 94.8 Å². The third-order valence-electron chi connectivity index (χ3n) is 3.05. The summed E-state index contributed by atoms with van der Waals surface area (Å²) in [6, 6.07) is 4.20. The van der Waals surface area contributed by atoms with Gasteiger partial charge in [-0.2, -0.15) is 0 Å². The molecule has 80 valence electrons. The summed E-state index contributed by atoms with van der Waals surface area (Å²) in [5.74, 6) is 0.444. The molecule has 0 aromatic carbocycles. The molecule has 2 unspecified atom stereocenters. The average Bonchev–Trinajstić information content (AvgIpc) is 2.69. The minimum absolute atomic E-state index is 0.0664. The van der Waals surface area contributed by atoms with Crippen molar-refractivity contribution in [3.05, 3.63) is 34.5 Å². The molecule has 2 rings (SSSR count). The highest BCUT2D eigenvalue weighted by molar-refractivity contribution is 7.10. The summed E-state index contributed by atoms with van der Waals surface area (Å²) < 4.78 is 0.